The van der Waals surface area contributed by atoms with E-state index in [4.69, 9.17) is 44.1 Å². The summed E-state index contributed by atoms with van der Waals surface area (Å²) in [5, 5.41) is 12.8. The number of fused-ring (bicyclic) bond motifs is 20. The highest BCUT2D eigenvalue weighted by Gasteiger charge is 2.33. The second-order valence-electron chi connectivity index (χ2n) is 32.1. The Labute approximate surface area is 698 Å². The Morgan fingerprint density at radius 3 is 1.55 bits per heavy atom. The van der Waals surface area contributed by atoms with Crippen molar-refractivity contribution in [2.75, 3.05) is 0 Å². The Balaban J connectivity index is 0.552. The zero-order valence-corrected chi connectivity index (χ0v) is 65.2. The van der Waals surface area contributed by atoms with Gasteiger partial charge in [0.15, 0.2) is 5.82 Å². The van der Waals surface area contributed by atoms with E-state index in [-0.39, 0.29) is 0 Å². The van der Waals surface area contributed by atoms with Gasteiger partial charge in [0.05, 0.1) is 99.4 Å². The quantitative estimate of drug-likeness (QED) is 0.138. The van der Waals surface area contributed by atoms with E-state index in [1.54, 1.807) is 0 Å². The van der Waals surface area contributed by atoms with Gasteiger partial charge in [-0.05, 0) is 193 Å². The Morgan fingerprint density at radius 2 is 0.772 bits per heavy atom. The Kier molecular flexibility index (Phi) is 13.3. The molecule has 16 aromatic carbocycles. The van der Waals surface area contributed by atoms with Crippen molar-refractivity contribution in [3.8, 4) is 137 Å². The molecule has 0 aliphatic carbocycles. The van der Waals surface area contributed by atoms with E-state index in [1.165, 1.54) is 16.2 Å². The summed E-state index contributed by atoms with van der Waals surface area (Å²) >= 11 is 0. The number of aromatic nitrogens is 12. The molecule has 28 rings (SSSR count). The SMILES string of the molecule is c1ccc(-n2ccc3cc4c5ccccc5n(-c5ccc(-c6nc7c8c(cccc8n6)Oc6c(-c8cn(-c9ccccc9)c9c8ccc8c%10ccccc%10n(-c%10nc%11c%12c(cccc%12n%10)Oc%10cc(-c%12cccc(-n%13c%14ccccc%14c%14c%15ccn(-c%16nc%17c%18c(cccc%18n%16)Oc%16ccccc%16-%17)c%15ccc%14%13)c%12)ccc%10-%11)c89)cccc6-7)cc5)c4cc32)cc1. The molecule has 9 aromatic heterocycles. The standard InChI is InChI=1S/C108H60N12O3/c1-3-21-65(22-4-1)115-54-52-64-57-79-70-27-8-11-35-85(70)118(90(79)59-89(64)115)67-45-42-61(43-46-67)106-109-81-32-17-41-94-97(81)102(112-106)78-31-16-30-73(105(78)123-94)80-60-117(66-23-5-2-6-24-66)103-72(80)49-48-71-69-26-7-12-36-86(69)120(104(71)103)108-111-83-34-19-40-93-99(83)101(114-108)77-47-44-63(58-95(77)122-93)62-20-15-25-68(56-62)119-87-37-13-9-28-74(87)96-75-53-55-116(84(75)50-51-88(96)119)107-110-82-33-18-39-92-98(82)100(113-107)76-29-10-14-38-91(76)121-92/h1-60H. The van der Waals surface area contributed by atoms with Gasteiger partial charge in [0, 0.05) is 123 Å². The van der Waals surface area contributed by atoms with E-state index in [0.717, 1.165) is 211 Å². The van der Waals surface area contributed by atoms with Crippen molar-refractivity contribution in [2.24, 2.45) is 0 Å². The van der Waals surface area contributed by atoms with Gasteiger partial charge >= 0.3 is 0 Å². The Hall–Kier alpha value is -17.0. The summed E-state index contributed by atoms with van der Waals surface area (Å²) < 4.78 is 34.4. The van der Waals surface area contributed by atoms with Gasteiger partial charge in [-0.1, -0.05) is 164 Å². The second-order valence-corrected chi connectivity index (χ2v) is 32.1. The number of hydrogen-bond donors (Lipinski definition) is 0. The van der Waals surface area contributed by atoms with Crippen molar-refractivity contribution < 1.29 is 14.2 Å². The van der Waals surface area contributed by atoms with E-state index in [1.807, 2.05) is 60.7 Å². The number of rotatable bonds is 9. The van der Waals surface area contributed by atoms with Gasteiger partial charge in [-0.2, -0.15) is 0 Å². The third kappa shape index (κ3) is 9.40. The van der Waals surface area contributed by atoms with Gasteiger partial charge in [0.25, 0.3) is 0 Å². The summed E-state index contributed by atoms with van der Waals surface area (Å²) in [5.74, 6) is 6.09. The average Bonchev–Trinajstić information content (AvgIpc) is 1.56. The van der Waals surface area contributed by atoms with Gasteiger partial charge in [-0.15, -0.1) is 0 Å². The molecule has 12 heterocycles. The highest BCUT2D eigenvalue weighted by atomic mass is 16.5. The maximum absolute atomic E-state index is 7.26. The smallest absolute Gasteiger partial charge is 0.235 e. The Bertz CT molecular complexity index is 9000. The molecule has 0 bridgehead atoms. The zero-order chi connectivity index (χ0) is 80.0. The second kappa shape index (κ2) is 24.8. The van der Waals surface area contributed by atoms with Crippen LogP contribution in [-0.2, 0) is 0 Å². The van der Waals surface area contributed by atoms with Crippen molar-refractivity contribution in [1.29, 1.82) is 0 Å². The summed E-state index contributed by atoms with van der Waals surface area (Å²) in [6.45, 7) is 0. The van der Waals surface area contributed by atoms with Crippen molar-refractivity contribution in [3.63, 3.8) is 0 Å². The largest absolute Gasteiger partial charge is 0.456 e. The highest BCUT2D eigenvalue weighted by Crippen LogP contribution is 2.55. The third-order valence-corrected chi connectivity index (χ3v) is 25.5. The first kappa shape index (κ1) is 66.0. The molecule has 570 valence electrons. The van der Waals surface area contributed by atoms with Crippen molar-refractivity contribution in [3.05, 3.63) is 364 Å². The minimum atomic E-state index is 0.533. The number of nitrogens with zero attached hydrogens (tertiary/aromatic N) is 12. The lowest BCUT2D eigenvalue weighted by atomic mass is 9.95. The van der Waals surface area contributed by atoms with Crippen LogP contribution >= 0.6 is 0 Å². The van der Waals surface area contributed by atoms with E-state index in [9.17, 15) is 0 Å². The fraction of sp³-hybridized carbons (Fsp3) is 0. The van der Waals surface area contributed by atoms with Crippen LogP contribution in [0, 0.1) is 0 Å². The van der Waals surface area contributed by atoms with Crippen LogP contribution in [-0.4, -0.2) is 57.3 Å². The molecule has 0 spiro atoms. The van der Waals surface area contributed by atoms with Crippen LogP contribution < -0.4 is 14.2 Å². The maximum atomic E-state index is 7.26. The van der Waals surface area contributed by atoms with E-state index < -0.39 is 0 Å². The van der Waals surface area contributed by atoms with Gasteiger partial charge in [0.1, 0.15) is 34.5 Å². The summed E-state index contributed by atoms with van der Waals surface area (Å²) in [4.78, 5) is 32.7. The monoisotopic (exact) mass is 1570 g/mol. The van der Waals surface area contributed by atoms with Crippen LogP contribution in [0.3, 0.4) is 0 Å². The molecule has 123 heavy (non-hydrogen) atoms. The van der Waals surface area contributed by atoms with Gasteiger partial charge < -0.3 is 32.5 Å². The lowest BCUT2D eigenvalue weighted by Crippen LogP contribution is -2.07. The minimum Gasteiger partial charge on any atom is -0.456 e. The molecule has 3 aliphatic heterocycles. The van der Waals surface area contributed by atoms with Crippen LogP contribution in [0.1, 0.15) is 0 Å². The van der Waals surface area contributed by atoms with Crippen molar-refractivity contribution in [1.82, 2.24) is 57.3 Å². The molecule has 15 nitrogen and oxygen atoms in total. The number of para-hydroxylation sites is 7. The molecule has 0 atom stereocenters. The van der Waals surface area contributed by atoms with Crippen LogP contribution in [0.25, 0.3) is 233 Å². The fourth-order valence-electron chi connectivity index (χ4n) is 20.1. The van der Waals surface area contributed by atoms with Crippen molar-refractivity contribution in [2.45, 2.75) is 0 Å². The van der Waals surface area contributed by atoms with E-state index in [2.05, 4.69) is 331 Å². The van der Waals surface area contributed by atoms with E-state index in [0.29, 0.717) is 40.7 Å². The van der Waals surface area contributed by atoms with Gasteiger partial charge in [-0.25, -0.2) is 29.9 Å². The first-order valence-electron chi connectivity index (χ1n) is 41.3. The fourth-order valence-corrected chi connectivity index (χ4v) is 20.1. The lowest BCUT2D eigenvalue weighted by molar-refractivity contribution is 0.486. The van der Waals surface area contributed by atoms with Gasteiger partial charge in [0.2, 0.25) is 11.9 Å². The molecule has 15 heteroatoms. The first-order chi connectivity index (χ1) is 61.0. The predicted octanol–water partition coefficient (Wildman–Crippen LogP) is 27.0. The van der Waals surface area contributed by atoms with Crippen molar-refractivity contribution >= 4 is 131 Å². The normalized spacial score (nSPS) is 12.6. The molecule has 0 N–H and O–H groups in total. The maximum Gasteiger partial charge on any atom is 0.235 e. The lowest BCUT2D eigenvalue weighted by Gasteiger charge is -2.23. The van der Waals surface area contributed by atoms with Gasteiger partial charge in [-0.3, -0.25) is 9.13 Å². The third-order valence-electron chi connectivity index (χ3n) is 25.5. The Morgan fingerprint density at radius 1 is 0.228 bits per heavy atom. The molecule has 25 aromatic rings. The number of ether oxygens (including phenoxy) is 3. The topological polar surface area (TPSA) is 135 Å². The van der Waals surface area contributed by atoms with E-state index >= 15 is 0 Å². The molecule has 0 fully saturated rings. The molecule has 0 unspecified atom stereocenters. The molecule has 0 radical (unpaired) electrons. The average molecular weight is 1570 g/mol. The first-order valence-corrected chi connectivity index (χ1v) is 41.3. The summed E-state index contributed by atoms with van der Waals surface area (Å²) in [7, 11) is 0. The van der Waals surface area contributed by atoms with Crippen LogP contribution in [0.5, 0.6) is 34.5 Å². The molecular weight excluding hydrogens is 1510 g/mol. The molecule has 0 saturated heterocycles. The number of benzene rings is 16. The molecule has 0 amide bonds. The predicted molar refractivity (Wildman–Crippen MR) is 492 cm³/mol. The minimum absolute atomic E-state index is 0.533. The molecule has 0 saturated carbocycles. The summed E-state index contributed by atoms with van der Waals surface area (Å²) in [6.07, 6.45) is 6.53. The number of hydrogen-bond acceptors (Lipinski definition) is 9. The zero-order valence-electron chi connectivity index (χ0n) is 65.2. The van der Waals surface area contributed by atoms with Crippen LogP contribution in [0.15, 0.2) is 364 Å². The van der Waals surface area contributed by atoms with Crippen LogP contribution in [0.4, 0.5) is 0 Å². The molecular formula is C108H60N12O3. The molecule has 3 aliphatic rings. The van der Waals surface area contributed by atoms with Crippen LogP contribution in [0.2, 0.25) is 0 Å². The highest BCUT2D eigenvalue weighted by molar-refractivity contribution is 6.23. The summed E-state index contributed by atoms with van der Waals surface area (Å²) in [5.41, 5.74) is 26.1. The summed E-state index contributed by atoms with van der Waals surface area (Å²) in [6, 6.07) is 122.